The van der Waals surface area contributed by atoms with Crippen LogP contribution >= 0.6 is 11.8 Å². The van der Waals surface area contributed by atoms with E-state index in [-0.39, 0.29) is 29.3 Å². The van der Waals surface area contributed by atoms with Crippen LogP contribution < -0.4 is 0 Å². The molecule has 0 saturated carbocycles. The molecule has 1 amide bonds. The maximum atomic E-state index is 12.6. The minimum absolute atomic E-state index is 0.0303. The van der Waals surface area contributed by atoms with Crippen molar-refractivity contribution >= 4 is 40.1 Å². The molecule has 3 rings (SSSR count). The SMILES string of the molecule is C/C=C1\C(=O)N2C(C(=O)OCc3ccc([N+](=O)[O-])cc3)=C(S(=O)CC)S[C@H]12. The number of rotatable bonds is 6. The summed E-state index contributed by atoms with van der Waals surface area (Å²) in [5, 5.41) is 10.3. The number of hydrogen-bond donors (Lipinski definition) is 0. The van der Waals surface area contributed by atoms with Crippen molar-refractivity contribution in [2.45, 2.75) is 25.8 Å². The highest BCUT2D eigenvalue weighted by Gasteiger charge is 2.53. The van der Waals surface area contributed by atoms with Gasteiger partial charge in [-0.15, -0.1) is 0 Å². The van der Waals surface area contributed by atoms with Gasteiger partial charge in [0.05, 0.1) is 15.7 Å². The van der Waals surface area contributed by atoms with Crippen LogP contribution in [0.15, 0.2) is 45.8 Å². The zero-order valence-corrected chi connectivity index (χ0v) is 16.2. The molecular formula is C17H16N2O6S2. The first kappa shape index (κ1) is 19.3. The Bertz CT molecular complexity index is 907. The molecule has 2 aliphatic rings. The molecule has 2 atom stereocenters. The lowest BCUT2D eigenvalue weighted by Crippen LogP contribution is -2.51. The number of hydrogen-bond acceptors (Lipinski definition) is 7. The Balaban J connectivity index is 1.77. The normalized spacial score (nSPS) is 21.1. The number of amides is 1. The van der Waals surface area contributed by atoms with Gasteiger partial charge in [-0.2, -0.15) is 0 Å². The Hall–Kier alpha value is -2.46. The Morgan fingerprint density at radius 3 is 2.63 bits per heavy atom. The molecule has 0 bridgehead atoms. The number of nitro groups is 1. The van der Waals surface area contributed by atoms with Crippen molar-refractivity contribution in [1.82, 2.24) is 4.90 Å². The fraction of sp³-hybridized carbons (Fsp3) is 0.294. The molecule has 1 aromatic rings. The molecule has 142 valence electrons. The first-order chi connectivity index (χ1) is 12.9. The van der Waals surface area contributed by atoms with E-state index >= 15 is 0 Å². The van der Waals surface area contributed by atoms with Crippen LogP contribution in [-0.2, 0) is 31.7 Å². The van der Waals surface area contributed by atoms with Crippen molar-refractivity contribution < 1.29 is 23.5 Å². The topological polar surface area (TPSA) is 107 Å². The van der Waals surface area contributed by atoms with Gasteiger partial charge in [0.15, 0.2) is 5.70 Å². The largest absolute Gasteiger partial charge is 0.456 e. The number of β-lactam (4-membered cyclic amide) rings is 1. The summed E-state index contributed by atoms with van der Waals surface area (Å²) in [7, 11) is -1.40. The number of fused-ring (bicyclic) bond motifs is 1. The third kappa shape index (κ3) is 3.42. The third-order valence-electron chi connectivity index (χ3n) is 4.11. The molecule has 0 aromatic heterocycles. The van der Waals surface area contributed by atoms with Gasteiger partial charge >= 0.3 is 5.97 Å². The smallest absolute Gasteiger partial charge is 0.357 e. The van der Waals surface area contributed by atoms with E-state index in [4.69, 9.17) is 4.74 Å². The summed E-state index contributed by atoms with van der Waals surface area (Å²) in [4.78, 5) is 36.3. The van der Waals surface area contributed by atoms with Crippen molar-refractivity contribution in [3.05, 3.63) is 61.5 Å². The minimum Gasteiger partial charge on any atom is -0.456 e. The number of esters is 1. The molecule has 27 heavy (non-hydrogen) atoms. The Kier molecular flexibility index (Phi) is 5.47. The van der Waals surface area contributed by atoms with Crippen molar-refractivity contribution in [2.24, 2.45) is 0 Å². The van der Waals surface area contributed by atoms with Gasteiger partial charge < -0.3 is 4.74 Å². The number of nitro benzene ring substituents is 1. The average Bonchev–Trinajstić information content (AvgIpc) is 3.02. The van der Waals surface area contributed by atoms with E-state index in [1.165, 1.54) is 40.9 Å². The van der Waals surface area contributed by atoms with Crippen molar-refractivity contribution in [1.29, 1.82) is 0 Å². The van der Waals surface area contributed by atoms with E-state index in [0.717, 1.165) is 0 Å². The van der Waals surface area contributed by atoms with Crippen LogP contribution in [0.2, 0.25) is 0 Å². The van der Waals surface area contributed by atoms with Crippen molar-refractivity contribution in [2.75, 3.05) is 5.75 Å². The lowest BCUT2D eigenvalue weighted by Gasteiger charge is -2.37. The standard InChI is InChI=1S/C17H16N2O6S2/c1-3-12-14(20)18-13(17(26-15(12)18)27(24)4-2)16(21)25-9-10-5-7-11(8-6-10)19(22)23/h3,5-8,15H,4,9H2,1-2H3/b12-3+/t15-,27?/m1/s1. The first-order valence-corrected chi connectivity index (χ1v) is 10.3. The van der Waals surface area contributed by atoms with Gasteiger partial charge in [-0.25, -0.2) is 4.79 Å². The summed E-state index contributed by atoms with van der Waals surface area (Å²) in [6.07, 6.45) is 1.69. The highest BCUT2D eigenvalue weighted by Crippen LogP contribution is 2.50. The van der Waals surface area contributed by atoms with Crippen molar-refractivity contribution in [3.8, 4) is 0 Å². The van der Waals surface area contributed by atoms with Gasteiger partial charge in [0.1, 0.15) is 16.2 Å². The molecule has 10 heteroatoms. The minimum atomic E-state index is -1.40. The first-order valence-electron chi connectivity index (χ1n) is 8.08. The Morgan fingerprint density at radius 1 is 1.41 bits per heavy atom. The summed E-state index contributed by atoms with van der Waals surface area (Å²) < 4.78 is 18.0. The fourth-order valence-corrected chi connectivity index (χ4v) is 5.57. The van der Waals surface area contributed by atoms with Crippen molar-refractivity contribution in [3.63, 3.8) is 0 Å². The molecule has 2 heterocycles. The second kappa shape index (κ2) is 7.65. The van der Waals surface area contributed by atoms with E-state index in [2.05, 4.69) is 0 Å². The highest BCUT2D eigenvalue weighted by atomic mass is 32.2. The maximum absolute atomic E-state index is 12.6. The Labute approximate surface area is 161 Å². The van der Waals surface area contributed by atoms with Gasteiger partial charge in [-0.3, -0.25) is 24.0 Å². The fourth-order valence-electron chi connectivity index (χ4n) is 2.69. The van der Waals surface area contributed by atoms with E-state index in [1.54, 1.807) is 19.9 Å². The molecule has 0 radical (unpaired) electrons. The number of carbonyl (C=O) groups is 2. The van der Waals surface area contributed by atoms with Crippen LogP contribution in [0.1, 0.15) is 19.4 Å². The summed E-state index contributed by atoms with van der Waals surface area (Å²) in [5.41, 5.74) is 1.11. The van der Waals surface area contributed by atoms with Crippen LogP contribution in [0, 0.1) is 10.1 Å². The number of nitrogens with zero attached hydrogens (tertiary/aromatic N) is 2. The van der Waals surface area contributed by atoms with E-state index < -0.39 is 21.7 Å². The highest BCUT2D eigenvalue weighted by molar-refractivity contribution is 8.17. The zero-order valence-electron chi connectivity index (χ0n) is 14.5. The molecule has 2 aliphatic heterocycles. The van der Waals surface area contributed by atoms with E-state index in [9.17, 15) is 23.9 Å². The summed E-state index contributed by atoms with van der Waals surface area (Å²) in [5.74, 6) is -0.703. The van der Waals surface area contributed by atoms with Crippen LogP contribution in [0.4, 0.5) is 5.69 Å². The molecule has 0 N–H and O–H groups in total. The maximum Gasteiger partial charge on any atom is 0.357 e. The van der Waals surface area contributed by atoms with Gasteiger partial charge in [-0.1, -0.05) is 24.8 Å². The molecule has 1 fully saturated rings. The monoisotopic (exact) mass is 408 g/mol. The van der Waals surface area contributed by atoms with Gasteiger partial charge in [0.25, 0.3) is 11.6 Å². The van der Waals surface area contributed by atoms with Crippen LogP contribution in [-0.4, -0.2) is 37.0 Å². The number of thioether (sulfide) groups is 1. The average molecular weight is 408 g/mol. The predicted octanol–water partition coefficient (Wildman–Crippen LogP) is 2.44. The van der Waals surface area contributed by atoms with Crippen LogP contribution in [0.25, 0.3) is 0 Å². The number of non-ortho nitro benzene ring substituents is 1. The van der Waals surface area contributed by atoms with Gasteiger partial charge in [0.2, 0.25) is 0 Å². The zero-order chi connectivity index (χ0) is 19.7. The Morgan fingerprint density at radius 2 is 2.07 bits per heavy atom. The van der Waals surface area contributed by atoms with Crippen LogP contribution in [0.3, 0.4) is 0 Å². The van der Waals surface area contributed by atoms with E-state index in [1.807, 2.05) is 0 Å². The number of allylic oxidation sites excluding steroid dienone is 1. The quantitative estimate of drug-likeness (QED) is 0.234. The molecule has 0 aliphatic carbocycles. The van der Waals surface area contributed by atoms with Crippen LogP contribution in [0.5, 0.6) is 0 Å². The van der Waals surface area contributed by atoms with E-state index in [0.29, 0.717) is 21.1 Å². The second-order valence-corrected chi connectivity index (χ2v) is 8.68. The second-order valence-electron chi connectivity index (χ2n) is 5.66. The molecular weight excluding hydrogens is 392 g/mol. The molecule has 0 spiro atoms. The summed E-state index contributed by atoms with van der Waals surface area (Å²) >= 11 is 1.23. The number of carbonyl (C=O) groups excluding carboxylic acids is 2. The lowest BCUT2D eigenvalue weighted by molar-refractivity contribution is -0.384. The third-order valence-corrected chi connectivity index (χ3v) is 7.18. The molecule has 1 unspecified atom stereocenters. The molecule has 1 aromatic carbocycles. The number of ether oxygens (including phenoxy) is 1. The summed E-state index contributed by atoms with van der Waals surface area (Å²) in [6, 6.07) is 5.62. The number of benzene rings is 1. The lowest BCUT2D eigenvalue weighted by atomic mass is 10.1. The van der Waals surface area contributed by atoms with Gasteiger partial charge in [-0.05, 0) is 24.6 Å². The molecule has 8 nitrogen and oxygen atoms in total. The molecule has 1 saturated heterocycles. The predicted molar refractivity (Wildman–Crippen MR) is 101 cm³/mol. The summed E-state index contributed by atoms with van der Waals surface area (Å²) in [6.45, 7) is 3.37. The van der Waals surface area contributed by atoms with Gasteiger partial charge in [0, 0.05) is 23.5 Å².